The van der Waals surface area contributed by atoms with Crippen LogP contribution in [0.2, 0.25) is 0 Å². The Hall–Kier alpha value is -0.960. The van der Waals surface area contributed by atoms with Crippen LogP contribution in [-0.4, -0.2) is 17.3 Å². The summed E-state index contributed by atoms with van der Waals surface area (Å²) in [7, 11) is 0. The number of hydrogen-bond donors (Lipinski definition) is 1. The lowest BCUT2D eigenvalue weighted by Crippen LogP contribution is -2.37. The predicted molar refractivity (Wildman–Crippen MR) is 48.9 cm³/mol. The molecule has 0 radical (unpaired) electrons. The fraction of sp³-hybridized carbons (Fsp3) is 0.444. The third-order valence-electron chi connectivity index (χ3n) is 2.23. The van der Waals surface area contributed by atoms with Crippen LogP contribution in [0.3, 0.4) is 0 Å². The Kier molecular flexibility index (Phi) is 2.04. The molecule has 1 aromatic heterocycles. The molecule has 1 heterocycles. The average molecular weight is 200 g/mol. The number of carbonyl (C=O) groups is 1. The molecule has 0 spiro atoms. The van der Waals surface area contributed by atoms with Gasteiger partial charge in [0.1, 0.15) is 0 Å². The summed E-state index contributed by atoms with van der Waals surface area (Å²) < 4.78 is 4.96. The molecule has 13 heavy (non-hydrogen) atoms. The maximum absolute atomic E-state index is 11.5. The molecular weight excluding hydrogens is 190 g/mol. The zero-order valence-electron chi connectivity index (χ0n) is 7.05. The fourth-order valence-corrected chi connectivity index (χ4v) is 1.49. The van der Waals surface area contributed by atoms with E-state index in [0.29, 0.717) is 11.6 Å². The lowest BCUT2D eigenvalue weighted by atomic mass is 10.3. The van der Waals surface area contributed by atoms with Crippen molar-refractivity contribution in [3.8, 4) is 0 Å². The third-order valence-corrected chi connectivity index (χ3v) is 2.74. The Balaban J connectivity index is 2.00. The monoisotopic (exact) mass is 199 g/mol. The summed E-state index contributed by atoms with van der Waals surface area (Å²) in [4.78, 5) is 11.5. The zero-order chi connectivity index (χ0) is 9.31. The number of hydrogen-bond acceptors (Lipinski definition) is 2. The van der Waals surface area contributed by atoms with E-state index in [9.17, 15) is 4.79 Å². The molecule has 1 aromatic rings. The van der Waals surface area contributed by atoms with Gasteiger partial charge in [0, 0.05) is 5.88 Å². The number of rotatable bonds is 3. The highest BCUT2D eigenvalue weighted by atomic mass is 35.5. The molecule has 1 saturated carbocycles. The maximum Gasteiger partial charge on any atom is 0.287 e. The molecule has 1 N–H and O–H groups in total. The van der Waals surface area contributed by atoms with Crippen LogP contribution >= 0.6 is 11.6 Å². The largest absolute Gasteiger partial charge is 0.459 e. The molecule has 1 aliphatic rings. The summed E-state index contributed by atoms with van der Waals surface area (Å²) in [5, 5.41) is 2.85. The molecule has 0 aromatic carbocycles. The Labute approximate surface area is 81.1 Å². The fourth-order valence-electron chi connectivity index (χ4n) is 1.15. The van der Waals surface area contributed by atoms with Crippen LogP contribution in [0.15, 0.2) is 22.8 Å². The first-order chi connectivity index (χ1) is 6.26. The van der Waals surface area contributed by atoms with Crippen molar-refractivity contribution in [2.45, 2.75) is 18.4 Å². The minimum atomic E-state index is -0.178. The van der Waals surface area contributed by atoms with Gasteiger partial charge in [0.2, 0.25) is 0 Å². The highest BCUT2D eigenvalue weighted by molar-refractivity contribution is 6.19. The molecule has 1 amide bonds. The molecule has 0 aliphatic heterocycles. The van der Waals surface area contributed by atoms with E-state index in [-0.39, 0.29) is 11.4 Å². The summed E-state index contributed by atoms with van der Waals surface area (Å²) in [6, 6.07) is 3.33. The minimum absolute atomic E-state index is 0.161. The van der Waals surface area contributed by atoms with E-state index in [2.05, 4.69) is 5.32 Å². The highest BCUT2D eigenvalue weighted by Gasteiger charge is 2.43. The van der Waals surface area contributed by atoms with E-state index in [4.69, 9.17) is 16.0 Å². The summed E-state index contributed by atoms with van der Waals surface area (Å²) in [5.74, 6) is 0.638. The van der Waals surface area contributed by atoms with Crippen molar-refractivity contribution in [2.24, 2.45) is 0 Å². The maximum atomic E-state index is 11.5. The summed E-state index contributed by atoms with van der Waals surface area (Å²) in [5.41, 5.74) is -0.161. The van der Waals surface area contributed by atoms with Crippen LogP contribution in [0.25, 0.3) is 0 Å². The molecule has 3 nitrogen and oxygen atoms in total. The topological polar surface area (TPSA) is 42.2 Å². The summed E-state index contributed by atoms with van der Waals surface area (Å²) >= 11 is 5.72. The summed E-state index contributed by atoms with van der Waals surface area (Å²) in [6.45, 7) is 0. The van der Waals surface area contributed by atoms with Gasteiger partial charge in [-0.05, 0) is 25.0 Å². The molecule has 0 saturated heterocycles. The van der Waals surface area contributed by atoms with Gasteiger partial charge < -0.3 is 9.73 Å². The molecule has 0 unspecified atom stereocenters. The van der Waals surface area contributed by atoms with E-state index in [1.165, 1.54) is 6.26 Å². The first-order valence-electron chi connectivity index (χ1n) is 4.18. The van der Waals surface area contributed by atoms with Gasteiger partial charge in [-0.3, -0.25) is 4.79 Å². The lowest BCUT2D eigenvalue weighted by Gasteiger charge is -2.11. The average Bonchev–Trinajstić information content (AvgIpc) is 2.69. The molecular formula is C9H10ClNO2. The SMILES string of the molecule is O=C(NC1(CCl)CC1)c1ccco1. The highest BCUT2D eigenvalue weighted by Crippen LogP contribution is 2.36. The Bertz CT molecular complexity index is 303. The second kappa shape index (κ2) is 3.07. The van der Waals surface area contributed by atoms with Crippen LogP contribution in [0.1, 0.15) is 23.4 Å². The third kappa shape index (κ3) is 1.70. The minimum Gasteiger partial charge on any atom is -0.459 e. The normalized spacial score (nSPS) is 18.2. The van der Waals surface area contributed by atoms with Gasteiger partial charge in [-0.1, -0.05) is 0 Å². The number of halogens is 1. The Morgan fingerprint density at radius 2 is 2.46 bits per heavy atom. The van der Waals surface area contributed by atoms with Gasteiger partial charge in [0.15, 0.2) is 5.76 Å². The molecule has 0 bridgehead atoms. The number of alkyl halides is 1. The van der Waals surface area contributed by atoms with Crippen molar-refractivity contribution in [3.63, 3.8) is 0 Å². The van der Waals surface area contributed by atoms with E-state index < -0.39 is 0 Å². The van der Waals surface area contributed by atoms with E-state index in [1.807, 2.05) is 0 Å². The predicted octanol–water partition coefficient (Wildman–Crippen LogP) is 1.78. The quantitative estimate of drug-likeness (QED) is 0.755. The van der Waals surface area contributed by atoms with Crippen molar-refractivity contribution < 1.29 is 9.21 Å². The Morgan fingerprint density at radius 3 is 2.92 bits per heavy atom. The lowest BCUT2D eigenvalue weighted by molar-refractivity contribution is 0.0908. The zero-order valence-corrected chi connectivity index (χ0v) is 7.80. The van der Waals surface area contributed by atoms with Crippen molar-refractivity contribution in [1.29, 1.82) is 0 Å². The van der Waals surface area contributed by atoms with Crippen molar-refractivity contribution >= 4 is 17.5 Å². The van der Waals surface area contributed by atoms with E-state index in [1.54, 1.807) is 12.1 Å². The first kappa shape index (κ1) is 8.63. The van der Waals surface area contributed by atoms with Crippen LogP contribution < -0.4 is 5.32 Å². The second-order valence-corrected chi connectivity index (χ2v) is 3.61. The Morgan fingerprint density at radius 1 is 1.69 bits per heavy atom. The van der Waals surface area contributed by atoms with Gasteiger partial charge in [0.25, 0.3) is 5.91 Å². The van der Waals surface area contributed by atoms with Crippen molar-refractivity contribution in [1.82, 2.24) is 5.32 Å². The van der Waals surface area contributed by atoms with Gasteiger partial charge in [-0.2, -0.15) is 0 Å². The first-order valence-corrected chi connectivity index (χ1v) is 4.71. The number of amides is 1. The van der Waals surface area contributed by atoms with Crippen molar-refractivity contribution in [2.75, 3.05) is 5.88 Å². The number of carbonyl (C=O) groups excluding carboxylic acids is 1. The standard InChI is InChI=1S/C9H10ClNO2/c10-6-9(3-4-9)11-8(12)7-2-1-5-13-7/h1-2,5H,3-4,6H2,(H,11,12). The molecule has 1 fully saturated rings. The number of furan rings is 1. The molecule has 4 heteroatoms. The van der Waals surface area contributed by atoms with Crippen LogP contribution in [0.5, 0.6) is 0 Å². The van der Waals surface area contributed by atoms with E-state index >= 15 is 0 Å². The van der Waals surface area contributed by atoms with Crippen molar-refractivity contribution in [3.05, 3.63) is 24.2 Å². The molecule has 1 aliphatic carbocycles. The van der Waals surface area contributed by atoms with Gasteiger partial charge in [0.05, 0.1) is 11.8 Å². The van der Waals surface area contributed by atoms with Gasteiger partial charge in [-0.15, -0.1) is 11.6 Å². The van der Waals surface area contributed by atoms with Crippen LogP contribution in [0, 0.1) is 0 Å². The second-order valence-electron chi connectivity index (χ2n) is 3.35. The summed E-state index contributed by atoms with van der Waals surface area (Å²) in [6.07, 6.45) is 3.40. The van der Waals surface area contributed by atoms with Crippen LogP contribution in [-0.2, 0) is 0 Å². The van der Waals surface area contributed by atoms with Gasteiger partial charge in [-0.25, -0.2) is 0 Å². The van der Waals surface area contributed by atoms with E-state index in [0.717, 1.165) is 12.8 Å². The van der Waals surface area contributed by atoms with Crippen LogP contribution in [0.4, 0.5) is 0 Å². The van der Waals surface area contributed by atoms with Gasteiger partial charge >= 0.3 is 0 Å². The molecule has 2 rings (SSSR count). The number of nitrogens with one attached hydrogen (secondary N) is 1. The smallest absolute Gasteiger partial charge is 0.287 e. The molecule has 70 valence electrons. The molecule has 0 atom stereocenters.